The first-order chi connectivity index (χ1) is 10.0. The second-order valence-corrected chi connectivity index (χ2v) is 5.51. The summed E-state index contributed by atoms with van der Waals surface area (Å²) in [4.78, 5) is 23.6. The van der Waals surface area contributed by atoms with Crippen molar-refractivity contribution in [3.05, 3.63) is 18.0 Å². The molecule has 1 amide bonds. The summed E-state index contributed by atoms with van der Waals surface area (Å²) in [6, 6.07) is -0.236. The lowest BCUT2D eigenvalue weighted by atomic mass is 9.90. The maximum absolute atomic E-state index is 12.4. The van der Waals surface area contributed by atoms with Gasteiger partial charge in [-0.1, -0.05) is 0 Å². The molecule has 0 bridgehead atoms. The highest BCUT2D eigenvalue weighted by Crippen LogP contribution is 2.28. The minimum absolute atomic E-state index is 0.0368. The van der Waals surface area contributed by atoms with Crippen molar-refractivity contribution >= 4 is 11.9 Å². The Morgan fingerprint density at radius 3 is 2.95 bits per heavy atom. The molecule has 1 aliphatic rings. The van der Waals surface area contributed by atoms with Crippen LogP contribution in [0, 0.1) is 5.92 Å². The summed E-state index contributed by atoms with van der Waals surface area (Å²) in [5.74, 6) is -0.389. The van der Waals surface area contributed by atoms with Gasteiger partial charge in [-0.25, -0.2) is 0 Å². The maximum atomic E-state index is 12.4. The van der Waals surface area contributed by atoms with Gasteiger partial charge in [0, 0.05) is 38.3 Å². The van der Waals surface area contributed by atoms with E-state index >= 15 is 0 Å². The van der Waals surface area contributed by atoms with E-state index in [4.69, 9.17) is 0 Å². The summed E-state index contributed by atoms with van der Waals surface area (Å²) < 4.78 is 6.35. The number of carbonyl (C=O) groups is 2. The van der Waals surface area contributed by atoms with E-state index in [9.17, 15) is 9.59 Å². The Labute approximate surface area is 124 Å². The lowest BCUT2D eigenvalue weighted by Gasteiger charge is -2.20. The highest BCUT2D eigenvalue weighted by Gasteiger charge is 2.35. The molecule has 1 aliphatic heterocycles. The van der Waals surface area contributed by atoms with Gasteiger partial charge in [0.1, 0.15) is 0 Å². The number of hydrogen-bond donors (Lipinski definition) is 2. The van der Waals surface area contributed by atoms with Crippen molar-refractivity contribution in [3.8, 4) is 0 Å². The van der Waals surface area contributed by atoms with Crippen LogP contribution in [0.3, 0.4) is 0 Å². The van der Waals surface area contributed by atoms with Crippen molar-refractivity contribution in [2.24, 2.45) is 13.0 Å². The van der Waals surface area contributed by atoms with E-state index in [0.29, 0.717) is 6.54 Å². The molecule has 21 heavy (non-hydrogen) atoms. The van der Waals surface area contributed by atoms with E-state index in [1.54, 1.807) is 17.8 Å². The number of methoxy groups -OCH3 is 1. The van der Waals surface area contributed by atoms with E-state index in [0.717, 1.165) is 12.1 Å². The van der Waals surface area contributed by atoms with Crippen molar-refractivity contribution in [1.29, 1.82) is 0 Å². The van der Waals surface area contributed by atoms with Crippen LogP contribution in [0.5, 0.6) is 0 Å². The molecule has 1 aromatic heterocycles. The number of ether oxygens (including phenoxy) is 1. The molecule has 116 valence electrons. The first-order valence-corrected chi connectivity index (χ1v) is 7.07. The Hall–Kier alpha value is -1.89. The molecule has 1 fully saturated rings. The molecule has 0 spiro atoms. The quantitative estimate of drug-likeness (QED) is 0.734. The zero-order chi connectivity index (χ0) is 15.4. The van der Waals surface area contributed by atoms with Gasteiger partial charge in [0.15, 0.2) is 0 Å². The Bertz CT molecular complexity index is 514. The van der Waals surface area contributed by atoms with Gasteiger partial charge >= 0.3 is 5.97 Å². The predicted molar refractivity (Wildman–Crippen MR) is 76.5 cm³/mol. The number of carbonyl (C=O) groups excluding carboxylic acids is 2. The van der Waals surface area contributed by atoms with E-state index in [2.05, 4.69) is 20.5 Å². The first kappa shape index (κ1) is 15.5. The molecule has 1 aromatic rings. The third kappa shape index (κ3) is 3.81. The summed E-state index contributed by atoms with van der Waals surface area (Å²) >= 11 is 0. The van der Waals surface area contributed by atoms with Gasteiger partial charge in [-0.3, -0.25) is 14.3 Å². The number of aryl methyl sites for hydroxylation is 1. The van der Waals surface area contributed by atoms with Crippen LogP contribution in [0.15, 0.2) is 12.4 Å². The Morgan fingerprint density at radius 2 is 2.33 bits per heavy atom. The molecule has 0 aliphatic carbocycles. The van der Waals surface area contributed by atoms with Crippen molar-refractivity contribution in [3.63, 3.8) is 0 Å². The number of nitrogens with zero attached hydrogens (tertiary/aromatic N) is 2. The monoisotopic (exact) mass is 294 g/mol. The normalized spacial score (nSPS) is 22.8. The Kier molecular flexibility index (Phi) is 4.95. The van der Waals surface area contributed by atoms with Crippen LogP contribution < -0.4 is 10.6 Å². The average molecular weight is 294 g/mol. The van der Waals surface area contributed by atoms with E-state index < -0.39 is 0 Å². The zero-order valence-corrected chi connectivity index (χ0v) is 12.6. The van der Waals surface area contributed by atoms with Crippen LogP contribution in [0.4, 0.5) is 0 Å². The summed E-state index contributed by atoms with van der Waals surface area (Å²) in [5, 5.41) is 10.3. The molecule has 7 heteroatoms. The van der Waals surface area contributed by atoms with Crippen molar-refractivity contribution in [2.75, 3.05) is 20.2 Å². The fraction of sp³-hybridized carbons (Fsp3) is 0.643. The van der Waals surface area contributed by atoms with Gasteiger partial charge in [-0.2, -0.15) is 5.10 Å². The molecule has 0 radical (unpaired) electrons. The molecule has 1 unspecified atom stereocenters. The molecular weight excluding hydrogens is 272 g/mol. The first-order valence-electron chi connectivity index (χ1n) is 7.07. The number of hydrogen-bond acceptors (Lipinski definition) is 5. The highest BCUT2D eigenvalue weighted by molar-refractivity contribution is 5.81. The van der Waals surface area contributed by atoms with Gasteiger partial charge in [0.25, 0.3) is 0 Å². The summed E-state index contributed by atoms with van der Waals surface area (Å²) in [5.41, 5.74) is 1.06. The Balaban J connectivity index is 1.96. The predicted octanol–water partition coefficient (Wildman–Crippen LogP) is -0.209. The van der Waals surface area contributed by atoms with Crippen LogP contribution in [-0.2, 0) is 21.4 Å². The van der Waals surface area contributed by atoms with Gasteiger partial charge in [-0.05, 0) is 12.5 Å². The van der Waals surface area contributed by atoms with E-state index in [1.165, 1.54) is 7.11 Å². The third-order valence-corrected chi connectivity index (χ3v) is 3.79. The average Bonchev–Trinajstić information content (AvgIpc) is 3.06. The largest absolute Gasteiger partial charge is 0.469 e. The molecular formula is C14H22N4O3. The van der Waals surface area contributed by atoms with Gasteiger partial charge < -0.3 is 15.4 Å². The molecule has 3 atom stereocenters. The minimum atomic E-state index is -0.323. The van der Waals surface area contributed by atoms with Crippen LogP contribution in [0.25, 0.3) is 0 Å². The molecule has 2 rings (SSSR count). The van der Waals surface area contributed by atoms with Crippen LogP contribution in [0.1, 0.15) is 24.8 Å². The number of esters is 1. The lowest BCUT2D eigenvalue weighted by Crippen LogP contribution is -2.40. The molecule has 7 nitrogen and oxygen atoms in total. The topological polar surface area (TPSA) is 85.2 Å². The lowest BCUT2D eigenvalue weighted by molar-refractivity contribution is -0.141. The van der Waals surface area contributed by atoms with Gasteiger partial charge in [-0.15, -0.1) is 0 Å². The van der Waals surface area contributed by atoms with Crippen LogP contribution in [0.2, 0.25) is 0 Å². The number of rotatable bonds is 5. The van der Waals surface area contributed by atoms with Crippen molar-refractivity contribution in [1.82, 2.24) is 20.4 Å². The minimum Gasteiger partial charge on any atom is -0.469 e. The molecule has 1 saturated heterocycles. The van der Waals surface area contributed by atoms with Crippen molar-refractivity contribution in [2.45, 2.75) is 25.3 Å². The van der Waals surface area contributed by atoms with E-state index in [-0.39, 0.29) is 36.2 Å². The summed E-state index contributed by atoms with van der Waals surface area (Å²) in [6.07, 6.45) is 3.92. The summed E-state index contributed by atoms with van der Waals surface area (Å²) in [7, 11) is 3.20. The van der Waals surface area contributed by atoms with E-state index in [1.807, 2.05) is 13.2 Å². The van der Waals surface area contributed by atoms with Gasteiger partial charge in [0.05, 0.1) is 25.6 Å². The fourth-order valence-electron chi connectivity index (χ4n) is 2.67. The second kappa shape index (κ2) is 6.71. The number of amides is 1. The third-order valence-electron chi connectivity index (χ3n) is 3.79. The number of aromatic nitrogens is 2. The zero-order valence-electron chi connectivity index (χ0n) is 12.6. The fourth-order valence-corrected chi connectivity index (χ4v) is 2.67. The summed E-state index contributed by atoms with van der Waals surface area (Å²) in [6.45, 7) is 3.20. The van der Waals surface area contributed by atoms with Crippen LogP contribution in [-0.4, -0.2) is 47.9 Å². The molecule has 2 heterocycles. The standard InChI is InChI=1S/C14H22N4O3/c1-9(4-13(19)21-3)17-14(20)12-7-15-6-11(12)10-5-16-18(2)8-10/h5,8-9,11-12,15H,4,6-7H2,1-3H3,(H,17,20)/t9?,11-,12+/m1/s1. The maximum Gasteiger partial charge on any atom is 0.307 e. The Morgan fingerprint density at radius 1 is 1.57 bits per heavy atom. The molecule has 0 aromatic carbocycles. The highest BCUT2D eigenvalue weighted by atomic mass is 16.5. The molecule has 2 N–H and O–H groups in total. The smallest absolute Gasteiger partial charge is 0.307 e. The van der Waals surface area contributed by atoms with Crippen molar-refractivity contribution < 1.29 is 14.3 Å². The molecule has 0 saturated carbocycles. The van der Waals surface area contributed by atoms with Crippen LogP contribution >= 0.6 is 0 Å². The SMILES string of the molecule is COC(=O)CC(C)NC(=O)[C@H]1CNC[C@@H]1c1cnn(C)c1. The second-order valence-electron chi connectivity index (χ2n) is 5.51. The number of nitrogens with one attached hydrogen (secondary N) is 2. The van der Waals surface area contributed by atoms with Gasteiger partial charge in [0.2, 0.25) is 5.91 Å².